The van der Waals surface area contributed by atoms with Crippen LogP contribution in [0.2, 0.25) is 5.02 Å². The second-order valence-corrected chi connectivity index (χ2v) is 7.60. The predicted molar refractivity (Wildman–Crippen MR) is 110 cm³/mol. The standard InChI is InChI=1S/C21H24ClN3O4/c1-12-19(17(24-25(12)2)11-29-18-6-4-5-9-28-18)20-13-10-16(21(26)27-3)23-15(13)8-7-14(20)22/h7-8,10,18,23H,4-6,9,11H2,1-3H3. The molecule has 0 radical (unpaired) electrons. The van der Waals surface area contributed by atoms with Gasteiger partial charge < -0.3 is 19.2 Å². The summed E-state index contributed by atoms with van der Waals surface area (Å²) < 4.78 is 18.3. The molecule has 1 aliphatic rings. The molecule has 0 amide bonds. The number of nitrogens with one attached hydrogen (secondary N) is 1. The molecule has 1 unspecified atom stereocenters. The Morgan fingerprint density at radius 3 is 2.93 bits per heavy atom. The van der Waals surface area contributed by atoms with Gasteiger partial charge in [-0.15, -0.1) is 0 Å². The maximum atomic E-state index is 12.0. The first kappa shape index (κ1) is 19.9. The molecule has 2 aromatic heterocycles. The van der Waals surface area contributed by atoms with Gasteiger partial charge in [0.25, 0.3) is 0 Å². The molecule has 1 saturated heterocycles. The van der Waals surface area contributed by atoms with Crippen molar-refractivity contribution in [2.75, 3.05) is 13.7 Å². The van der Waals surface area contributed by atoms with E-state index in [9.17, 15) is 4.79 Å². The fourth-order valence-electron chi connectivity index (χ4n) is 3.77. The first-order valence-electron chi connectivity index (χ1n) is 9.65. The highest BCUT2D eigenvalue weighted by atomic mass is 35.5. The van der Waals surface area contributed by atoms with Crippen molar-refractivity contribution in [1.29, 1.82) is 0 Å². The van der Waals surface area contributed by atoms with Crippen LogP contribution in [0.1, 0.15) is 41.1 Å². The van der Waals surface area contributed by atoms with Crippen LogP contribution in [0.25, 0.3) is 22.0 Å². The van der Waals surface area contributed by atoms with E-state index in [4.69, 9.17) is 25.8 Å². The molecule has 3 heterocycles. The van der Waals surface area contributed by atoms with Crippen molar-refractivity contribution >= 4 is 28.5 Å². The lowest BCUT2D eigenvalue weighted by atomic mass is 9.99. The summed E-state index contributed by atoms with van der Waals surface area (Å²) in [7, 11) is 3.25. The lowest BCUT2D eigenvalue weighted by Crippen LogP contribution is -2.22. The van der Waals surface area contributed by atoms with Crippen molar-refractivity contribution in [2.45, 2.75) is 39.1 Å². The molecule has 0 aliphatic carbocycles. The number of methoxy groups -OCH3 is 1. The minimum Gasteiger partial charge on any atom is -0.464 e. The van der Waals surface area contributed by atoms with Crippen molar-refractivity contribution in [1.82, 2.24) is 14.8 Å². The van der Waals surface area contributed by atoms with Gasteiger partial charge in [0.1, 0.15) is 5.69 Å². The number of hydrogen-bond donors (Lipinski definition) is 1. The average Bonchev–Trinajstić information content (AvgIpc) is 3.28. The summed E-state index contributed by atoms with van der Waals surface area (Å²) in [6, 6.07) is 5.44. The Morgan fingerprint density at radius 2 is 2.21 bits per heavy atom. The minimum atomic E-state index is -0.427. The smallest absolute Gasteiger partial charge is 0.354 e. The molecular formula is C21H24ClN3O4. The number of ether oxygens (including phenoxy) is 3. The Hall–Kier alpha value is -2.35. The van der Waals surface area contributed by atoms with E-state index in [2.05, 4.69) is 10.1 Å². The lowest BCUT2D eigenvalue weighted by molar-refractivity contribution is -0.169. The molecule has 8 heteroatoms. The summed E-state index contributed by atoms with van der Waals surface area (Å²) in [5.74, 6) is -0.427. The predicted octanol–water partition coefficient (Wildman–Crippen LogP) is 4.36. The third-order valence-electron chi connectivity index (χ3n) is 5.36. The van der Waals surface area contributed by atoms with Gasteiger partial charge in [0, 0.05) is 46.4 Å². The Balaban J connectivity index is 1.77. The van der Waals surface area contributed by atoms with E-state index >= 15 is 0 Å². The molecule has 0 saturated carbocycles. The highest BCUT2D eigenvalue weighted by Crippen LogP contribution is 2.39. The molecule has 3 aromatic rings. The molecular weight excluding hydrogens is 394 g/mol. The largest absolute Gasteiger partial charge is 0.464 e. The molecule has 29 heavy (non-hydrogen) atoms. The lowest BCUT2D eigenvalue weighted by Gasteiger charge is -2.22. The van der Waals surface area contributed by atoms with Gasteiger partial charge in [-0.05, 0) is 44.4 Å². The topological polar surface area (TPSA) is 78.4 Å². The summed E-state index contributed by atoms with van der Waals surface area (Å²) >= 11 is 6.63. The number of aryl methyl sites for hydroxylation is 1. The number of carbonyl (C=O) groups excluding carboxylic acids is 1. The van der Waals surface area contributed by atoms with Crippen molar-refractivity contribution in [2.24, 2.45) is 7.05 Å². The van der Waals surface area contributed by atoms with Crippen LogP contribution < -0.4 is 0 Å². The summed E-state index contributed by atoms with van der Waals surface area (Å²) in [4.78, 5) is 15.1. The summed E-state index contributed by atoms with van der Waals surface area (Å²) in [6.07, 6.45) is 2.85. The first-order valence-corrected chi connectivity index (χ1v) is 10.0. The number of H-pyrrole nitrogens is 1. The van der Waals surface area contributed by atoms with Gasteiger partial charge >= 0.3 is 5.97 Å². The number of rotatable bonds is 5. The summed E-state index contributed by atoms with van der Waals surface area (Å²) in [5.41, 5.74) is 4.66. The second-order valence-electron chi connectivity index (χ2n) is 7.20. The molecule has 0 spiro atoms. The second kappa shape index (κ2) is 8.18. The molecule has 1 aromatic carbocycles. The number of aromatic amines is 1. The van der Waals surface area contributed by atoms with Gasteiger partial charge in [-0.3, -0.25) is 4.68 Å². The fraction of sp³-hybridized carbons (Fsp3) is 0.429. The Labute approximate surface area is 173 Å². The van der Waals surface area contributed by atoms with Crippen molar-refractivity contribution < 1.29 is 19.0 Å². The number of aromatic nitrogens is 3. The van der Waals surface area contributed by atoms with Gasteiger partial charge in [0.05, 0.1) is 19.4 Å². The molecule has 1 atom stereocenters. The molecule has 7 nitrogen and oxygen atoms in total. The van der Waals surface area contributed by atoms with Gasteiger partial charge in [-0.2, -0.15) is 5.10 Å². The molecule has 154 valence electrons. The molecule has 0 bridgehead atoms. The van der Waals surface area contributed by atoms with E-state index in [-0.39, 0.29) is 6.29 Å². The number of esters is 1. The van der Waals surface area contributed by atoms with Crippen LogP contribution in [0.3, 0.4) is 0 Å². The Morgan fingerprint density at radius 1 is 1.38 bits per heavy atom. The van der Waals surface area contributed by atoms with E-state index < -0.39 is 5.97 Å². The number of halogens is 1. The van der Waals surface area contributed by atoms with E-state index in [0.717, 1.165) is 59.3 Å². The average molecular weight is 418 g/mol. The van der Waals surface area contributed by atoms with Crippen LogP contribution >= 0.6 is 11.6 Å². The van der Waals surface area contributed by atoms with Gasteiger partial charge in [-0.25, -0.2) is 4.79 Å². The first-order chi connectivity index (χ1) is 14.0. The third kappa shape index (κ3) is 3.77. The quantitative estimate of drug-likeness (QED) is 0.624. The summed E-state index contributed by atoms with van der Waals surface area (Å²) in [5, 5.41) is 6.07. The van der Waals surface area contributed by atoms with Gasteiger partial charge in [-0.1, -0.05) is 11.6 Å². The van der Waals surface area contributed by atoms with Crippen molar-refractivity contribution in [3.63, 3.8) is 0 Å². The van der Waals surface area contributed by atoms with E-state index in [0.29, 0.717) is 17.3 Å². The van der Waals surface area contributed by atoms with Gasteiger partial charge in [0.2, 0.25) is 0 Å². The number of carbonyl (C=O) groups is 1. The monoisotopic (exact) mass is 417 g/mol. The van der Waals surface area contributed by atoms with Crippen LogP contribution in [0.15, 0.2) is 18.2 Å². The van der Waals surface area contributed by atoms with Crippen molar-refractivity contribution in [3.8, 4) is 11.1 Å². The number of nitrogens with zero attached hydrogens (tertiary/aromatic N) is 2. The van der Waals surface area contributed by atoms with E-state index in [1.165, 1.54) is 7.11 Å². The zero-order valence-corrected chi connectivity index (χ0v) is 17.5. The third-order valence-corrected chi connectivity index (χ3v) is 5.67. The van der Waals surface area contributed by atoms with E-state index in [1.54, 1.807) is 6.07 Å². The zero-order chi connectivity index (χ0) is 20.5. The number of benzene rings is 1. The van der Waals surface area contributed by atoms with Crippen LogP contribution in [0.4, 0.5) is 0 Å². The van der Waals surface area contributed by atoms with Crippen molar-refractivity contribution in [3.05, 3.63) is 40.3 Å². The zero-order valence-electron chi connectivity index (χ0n) is 16.8. The normalized spacial score (nSPS) is 17.0. The molecule has 4 rings (SSSR count). The Kier molecular flexibility index (Phi) is 5.63. The summed E-state index contributed by atoms with van der Waals surface area (Å²) in [6.45, 7) is 3.04. The van der Waals surface area contributed by atoms with Gasteiger partial charge in [0.15, 0.2) is 6.29 Å². The maximum Gasteiger partial charge on any atom is 0.354 e. The fourth-order valence-corrected chi connectivity index (χ4v) is 4.03. The number of fused-ring (bicyclic) bond motifs is 1. The van der Waals surface area contributed by atoms with E-state index in [1.807, 2.05) is 30.8 Å². The van der Waals surface area contributed by atoms with Crippen LogP contribution in [0.5, 0.6) is 0 Å². The number of hydrogen-bond acceptors (Lipinski definition) is 5. The molecule has 1 N–H and O–H groups in total. The van der Waals surface area contributed by atoms with Crippen LogP contribution in [-0.2, 0) is 27.9 Å². The highest BCUT2D eigenvalue weighted by Gasteiger charge is 2.23. The van der Waals surface area contributed by atoms with Crippen LogP contribution in [-0.4, -0.2) is 40.7 Å². The molecule has 1 aliphatic heterocycles. The maximum absolute atomic E-state index is 12.0. The molecule has 1 fully saturated rings. The minimum absolute atomic E-state index is 0.205. The van der Waals surface area contributed by atoms with Crippen LogP contribution in [0, 0.1) is 6.92 Å². The SMILES string of the molecule is COC(=O)c1cc2c(-c3c(COC4CCCCO4)nn(C)c3C)c(Cl)ccc2[nH]1. The Bertz CT molecular complexity index is 1050. The highest BCUT2D eigenvalue weighted by molar-refractivity contribution is 6.35.